The highest BCUT2D eigenvalue weighted by Crippen LogP contribution is 2.38. The van der Waals surface area contributed by atoms with E-state index in [0.717, 1.165) is 19.2 Å². The van der Waals surface area contributed by atoms with Gasteiger partial charge < -0.3 is 15.0 Å². The van der Waals surface area contributed by atoms with Crippen molar-refractivity contribution in [1.82, 2.24) is 4.90 Å². The van der Waals surface area contributed by atoms with E-state index in [0.29, 0.717) is 22.1 Å². The van der Waals surface area contributed by atoms with E-state index in [1.165, 1.54) is 6.07 Å². The number of alkyl halides is 6. The minimum Gasteiger partial charge on any atom is -0.496 e. The van der Waals surface area contributed by atoms with E-state index >= 15 is 0 Å². The topological polar surface area (TPSA) is 58.6 Å². The third kappa shape index (κ3) is 4.84. The van der Waals surface area contributed by atoms with E-state index in [9.17, 15) is 35.9 Å². The van der Waals surface area contributed by atoms with Crippen LogP contribution in [0.15, 0.2) is 34.8 Å². The second-order valence-corrected chi connectivity index (χ2v) is 7.70. The molecule has 0 atom stereocenters. The number of carbonyl (C=O) groups excluding carboxylic acids is 2. The summed E-state index contributed by atoms with van der Waals surface area (Å²) in [4.78, 5) is 24.8. The van der Waals surface area contributed by atoms with Gasteiger partial charge in [-0.15, -0.1) is 0 Å². The Kier molecular flexibility index (Phi) is 6.45. The molecule has 172 valence electrons. The Bertz CT molecular complexity index is 1070. The largest absolute Gasteiger partial charge is 0.496 e. The van der Waals surface area contributed by atoms with Gasteiger partial charge in [-0.3, -0.25) is 9.59 Å². The lowest BCUT2D eigenvalue weighted by atomic mass is 9.98. The number of methoxy groups -OCH3 is 1. The summed E-state index contributed by atoms with van der Waals surface area (Å²) >= 11 is 3.23. The summed E-state index contributed by atoms with van der Waals surface area (Å²) in [6, 6.07) is 5.88. The van der Waals surface area contributed by atoms with Crippen LogP contribution < -0.4 is 10.1 Å². The van der Waals surface area contributed by atoms with Gasteiger partial charge in [0.05, 0.1) is 18.4 Å². The number of nitrogens with zero attached hydrogens (tertiary/aromatic N) is 1. The van der Waals surface area contributed by atoms with Crippen LogP contribution in [-0.4, -0.2) is 36.5 Å². The standard InChI is InChI=1S/C20H15BrF6N2O3/c1-32-15-5-3-11(8-13(15)19(22,23)24)17(30)28-14-4-2-10-6-7-29(9-12(10)16(14)21)18(31)20(25,26)27/h2-5,8H,6-7,9H2,1H3,(H,28,30). The Balaban J connectivity index is 1.87. The first-order chi connectivity index (χ1) is 14.8. The summed E-state index contributed by atoms with van der Waals surface area (Å²) in [6.45, 7) is -0.450. The molecule has 1 heterocycles. The van der Waals surface area contributed by atoms with Crippen LogP contribution in [0, 0.1) is 0 Å². The number of halogens is 7. The van der Waals surface area contributed by atoms with Crippen molar-refractivity contribution >= 4 is 33.4 Å². The fourth-order valence-corrected chi connectivity index (χ4v) is 3.92. The van der Waals surface area contributed by atoms with Crippen molar-refractivity contribution in [2.75, 3.05) is 19.0 Å². The van der Waals surface area contributed by atoms with Gasteiger partial charge >= 0.3 is 18.3 Å². The number of hydrogen-bond donors (Lipinski definition) is 1. The Morgan fingerprint density at radius 3 is 2.38 bits per heavy atom. The van der Waals surface area contributed by atoms with Gasteiger partial charge in [-0.05, 0) is 57.7 Å². The molecule has 2 amide bonds. The predicted molar refractivity (Wildman–Crippen MR) is 105 cm³/mol. The van der Waals surface area contributed by atoms with Crippen LogP contribution in [0.1, 0.15) is 27.0 Å². The number of fused-ring (bicyclic) bond motifs is 1. The zero-order chi connectivity index (χ0) is 23.8. The summed E-state index contributed by atoms with van der Waals surface area (Å²) in [5, 5.41) is 2.45. The van der Waals surface area contributed by atoms with E-state index in [4.69, 9.17) is 0 Å². The lowest BCUT2D eigenvalue weighted by Gasteiger charge is -2.30. The van der Waals surface area contributed by atoms with Gasteiger partial charge in [-0.25, -0.2) is 0 Å². The lowest BCUT2D eigenvalue weighted by molar-refractivity contribution is -0.186. The van der Waals surface area contributed by atoms with E-state index in [2.05, 4.69) is 26.0 Å². The number of rotatable bonds is 3. The Hall–Kier alpha value is -2.76. The predicted octanol–water partition coefficient (Wildman–Crippen LogP) is 5.18. The maximum absolute atomic E-state index is 13.2. The molecule has 12 heteroatoms. The van der Waals surface area contributed by atoms with Crippen molar-refractivity contribution in [2.45, 2.75) is 25.3 Å². The number of carbonyl (C=O) groups is 2. The van der Waals surface area contributed by atoms with Crippen LogP contribution >= 0.6 is 15.9 Å². The molecular formula is C20H15BrF6N2O3. The fraction of sp³-hybridized carbons (Fsp3) is 0.300. The summed E-state index contributed by atoms with van der Waals surface area (Å²) in [6.07, 6.45) is -9.58. The minimum atomic E-state index is -5.01. The third-order valence-corrected chi connectivity index (χ3v) is 5.79. The number of nitrogens with one attached hydrogen (secondary N) is 1. The number of benzene rings is 2. The zero-order valence-corrected chi connectivity index (χ0v) is 17.9. The maximum atomic E-state index is 13.2. The van der Waals surface area contributed by atoms with E-state index < -0.39 is 35.5 Å². The highest BCUT2D eigenvalue weighted by Gasteiger charge is 2.43. The molecule has 3 rings (SSSR count). The molecule has 0 aliphatic carbocycles. The molecule has 1 N–H and O–H groups in total. The summed E-state index contributed by atoms with van der Waals surface area (Å²) in [5.74, 6) is -3.28. The van der Waals surface area contributed by atoms with Crippen molar-refractivity contribution in [3.63, 3.8) is 0 Å². The maximum Gasteiger partial charge on any atom is 0.471 e. The Labute approximate surface area is 186 Å². The molecule has 0 saturated heterocycles. The Morgan fingerprint density at radius 2 is 1.78 bits per heavy atom. The third-order valence-electron chi connectivity index (χ3n) is 4.89. The Morgan fingerprint density at radius 1 is 1.09 bits per heavy atom. The molecular weight excluding hydrogens is 510 g/mol. The molecule has 0 saturated carbocycles. The molecule has 1 aliphatic heterocycles. The molecule has 5 nitrogen and oxygen atoms in total. The van der Waals surface area contributed by atoms with Crippen molar-refractivity contribution in [3.8, 4) is 5.75 Å². The first kappa shape index (κ1) is 23.9. The van der Waals surface area contributed by atoms with Crippen molar-refractivity contribution in [2.24, 2.45) is 0 Å². The average molecular weight is 525 g/mol. The van der Waals surface area contributed by atoms with E-state index in [-0.39, 0.29) is 35.2 Å². The van der Waals surface area contributed by atoms with Crippen LogP contribution in [-0.2, 0) is 23.9 Å². The normalized spacial score (nSPS) is 14.1. The van der Waals surface area contributed by atoms with Crippen LogP contribution in [0.2, 0.25) is 0 Å². The van der Waals surface area contributed by atoms with E-state index in [1.807, 2.05) is 0 Å². The number of amides is 2. The lowest BCUT2D eigenvalue weighted by Crippen LogP contribution is -2.43. The summed E-state index contributed by atoms with van der Waals surface area (Å²) in [7, 11) is 1.07. The molecule has 0 spiro atoms. The van der Waals surface area contributed by atoms with Crippen molar-refractivity contribution in [3.05, 3.63) is 57.1 Å². The first-order valence-electron chi connectivity index (χ1n) is 9.06. The van der Waals surface area contributed by atoms with Gasteiger partial charge in [0.2, 0.25) is 0 Å². The van der Waals surface area contributed by atoms with Crippen LogP contribution in [0.5, 0.6) is 5.75 Å². The number of hydrogen-bond acceptors (Lipinski definition) is 3. The van der Waals surface area contributed by atoms with Gasteiger partial charge in [0, 0.05) is 23.1 Å². The first-order valence-corrected chi connectivity index (χ1v) is 9.85. The van der Waals surface area contributed by atoms with Crippen LogP contribution in [0.3, 0.4) is 0 Å². The molecule has 0 radical (unpaired) electrons. The number of ether oxygens (including phenoxy) is 1. The molecule has 0 bridgehead atoms. The van der Waals surface area contributed by atoms with Gasteiger partial charge in [-0.1, -0.05) is 6.07 Å². The monoisotopic (exact) mass is 524 g/mol. The highest BCUT2D eigenvalue weighted by molar-refractivity contribution is 9.10. The molecule has 0 aromatic heterocycles. The molecule has 0 unspecified atom stereocenters. The van der Waals surface area contributed by atoms with Gasteiger partial charge in [-0.2, -0.15) is 26.3 Å². The quantitative estimate of drug-likeness (QED) is 0.563. The van der Waals surface area contributed by atoms with Gasteiger partial charge in [0.25, 0.3) is 5.91 Å². The van der Waals surface area contributed by atoms with Crippen molar-refractivity contribution < 1.29 is 40.7 Å². The minimum absolute atomic E-state index is 0.116. The zero-order valence-electron chi connectivity index (χ0n) is 16.3. The van der Waals surface area contributed by atoms with Gasteiger partial charge in [0.15, 0.2) is 0 Å². The summed E-state index contributed by atoms with van der Waals surface area (Å²) < 4.78 is 82.9. The van der Waals surface area contributed by atoms with E-state index in [1.54, 1.807) is 6.07 Å². The molecule has 0 fully saturated rings. The van der Waals surface area contributed by atoms with Crippen LogP contribution in [0.4, 0.5) is 32.0 Å². The second kappa shape index (κ2) is 8.64. The molecule has 2 aromatic carbocycles. The molecule has 1 aliphatic rings. The SMILES string of the molecule is COc1ccc(C(=O)Nc2ccc3c(c2Br)CN(C(=O)C(F)(F)F)CC3)cc1C(F)(F)F. The molecule has 2 aromatic rings. The second-order valence-electron chi connectivity index (χ2n) is 6.91. The number of anilines is 1. The average Bonchev–Trinajstić information content (AvgIpc) is 2.73. The van der Waals surface area contributed by atoms with Gasteiger partial charge in [0.1, 0.15) is 5.75 Å². The summed E-state index contributed by atoms with van der Waals surface area (Å²) in [5.41, 5.74) is -0.225. The van der Waals surface area contributed by atoms with Crippen molar-refractivity contribution in [1.29, 1.82) is 0 Å². The van der Waals surface area contributed by atoms with Crippen LogP contribution in [0.25, 0.3) is 0 Å². The molecule has 32 heavy (non-hydrogen) atoms. The fourth-order valence-electron chi connectivity index (χ4n) is 3.31. The smallest absolute Gasteiger partial charge is 0.471 e. The highest BCUT2D eigenvalue weighted by atomic mass is 79.9.